The van der Waals surface area contributed by atoms with Gasteiger partial charge in [-0.05, 0) is 42.5 Å². The van der Waals surface area contributed by atoms with Crippen LogP contribution in [0.25, 0.3) is 17.4 Å². The number of rotatable bonds is 5. The predicted molar refractivity (Wildman–Crippen MR) is 103 cm³/mol. The molecule has 1 aromatic heterocycles. The zero-order valence-corrected chi connectivity index (χ0v) is 14.3. The first kappa shape index (κ1) is 16.6. The molecule has 1 heterocycles. The molecule has 0 bridgehead atoms. The van der Waals surface area contributed by atoms with Gasteiger partial charge in [0.2, 0.25) is 5.91 Å². The van der Waals surface area contributed by atoms with Crippen molar-refractivity contribution >= 4 is 23.4 Å². The van der Waals surface area contributed by atoms with Crippen molar-refractivity contribution in [2.24, 2.45) is 0 Å². The number of hydrogen-bond acceptors (Lipinski definition) is 3. The summed E-state index contributed by atoms with van der Waals surface area (Å²) in [5.41, 5.74) is 2.84. The third kappa shape index (κ3) is 4.38. The third-order valence-electron chi connectivity index (χ3n) is 3.74. The summed E-state index contributed by atoms with van der Waals surface area (Å²) < 4.78 is 5.74. The maximum Gasteiger partial charge on any atom is 0.248 e. The Labute approximate surface area is 147 Å². The number of amides is 1. The van der Waals surface area contributed by atoms with Crippen molar-refractivity contribution in [3.05, 3.63) is 78.6 Å². The Bertz CT molecular complexity index is 862. The number of anilines is 2. The maximum absolute atomic E-state index is 12.0. The maximum atomic E-state index is 12.0. The van der Waals surface area contributed by atoms with Crippen LogP contribution < -0.4 is 10.2 Å². The van der Waals surface area contributed by atoms with Gasteiger partial charge >= 0.3 is 0 Å². The van der Waals surface area contributed by atoms with Crippen molar-refractivity contribution in [1.29, 1.82) is 0 Å². The van der Waals surface area contributed by atoms with Crippen LogP contribution in [-0.4, -0.2) is 20.0 Å². The van der Waals surface area contributed by atoms with E-state index in [9.17, 15) is 4.79 Å². The molecule has 1 N–H and O–H groups in total. The highest BCUT2D eigenvalue weighted by Gasteiger charge is 2.03. The number of nitrogens with zero attached hydrogens (tertiary/aromatic N) is 1. The molecular weight excluding hydrogens is 312 g/mol. The number of benzene rings is 2. The highest BCUT2D eigenvalue weighted by Crippen LogP contribution is 2.22. The molecule has 0 radical (unpaired) electrons. The smallest absolute Gasteiger partial charge is 0.248 e. The fraction of sp³-hybridized carbons (Fsp3) is 0.0952. The number of carbonyl (C=O) groups is 1. The minimum Gasteiger partial charge on any atom is -0.457 e. The van der Waals surface area contributed by atoms with Crippen LogP contribution in [0.4, 0.5) is 11.4 Å². The van der Waals surface area contributed by atoms with E-state index in [-0.39, 0.29) is 5.91 Å². The molecule has 0 aliphatic carbocycles. The largest absolute Gasteiger partial charge is 0.457 e. The minimum absolute atomic E-state index is 0.199. The molecule has 0 atom stereocenters. The molecule has 0 unspecified atom stereocenters. The third-order valence-corrected chi connectivity index (χ3v) is 3.74. The first-order valence-electron chi connectivity index (χ1n) is 8.03. The quantitative estimate of drug-likeness (QED) is 0.691. The SMILES string of the molecule is CN(C)c1ccc(NC(=O)/C=C/c2ccc(-c3ccccc3)o2)cc1. The average molecular weight is 332 g/mol. The van der Waals surface area contributed by atoms with E-state index in [1.807, 2.05) is 85.7 Å². The Kier molecular flexibility index (Phi) is 5.00. The Balaban J connectivity index is 1.62. The fourth-order valence-corrected chi connectivity index (χ4v) is 2.38. The first-order chi connectivity index (χ1) is 12.1. The van der Waals surface area contributed by atoms with Gasteiger partial charge in [-0.1, -0.05) is 30.3 Å². The highest BCUT2D eigenvalue weighted by molar-refractivity contribution is 6.01. The van der Waals surface area contributed by atoms with Gasteiger partial charge in [0.05, 0.1) is 0 Å². The molecule has 0 fully saturated rings. The van der Waals surface area contributed by atoms with Gasteiger partial charge in [-0.15, -0.1) is 0 Å². The van der Waals surface area contributed by atoms with Gasteiger partial charge in [0.15, 0.2) is 0 Å². The van der Waals surface area contributed by atoms with Crippen LogP contribution in [-0.2, 0) is 4.79 Å². The van der Waals surface area contributed by atoms with Crippen LogP contribution in [0, 0.1) is 0 Å². The molecular formula is C21H20N2O2. The fourth-order valence-electron chi connectivity index (χ4n) is 2.38. The second-order valence-corrected chi connectivity index (χ2v) is 5.83. The van der Waals surface area contributed by atoms with Gasteiger partial charge in [0.25, 0.3) is 0 Å². The Morgan fingerprint density at radius 1 is 0.960 bits per heavy atom. The average Bonchev–Trinajstić information content (AvgIpc) is 3.10. The molecule has 0 saturated carbocycles. The normalized spacial score (nSPS) is 10.8. The summed E-state index contributed by atoms with van der Waals surface area (Å²) in [5, 5.41) is 2.83. The summed E-state index contributed by atoms with van der Waals surface area (Å²) in [6.45, 7) is 0. The van der Waals surface area contributed by atoms with Gasteiger partial charge in [0.1, 0.15) is 11.5 Å². The van der Waals surface area contributed by atoms with Crippen LogP contribution in [0.2, 0.25) is 0 Å². The van der Waals surface area contributed by atoms with Crippen LogP contribution >= 0.6 is 0 Å². The zero-order valence-electron chi connectivity index (χ0n) is 14.3. The lowest BCUT2D eigenvalue weighted by atomic mass is 10.2. The molecule has 3 aromatic rings. The van der Waals surface area contributed by atoms with Crippen LogP contribution in [0.3, 0.4) is 0 Å². The van der Waals surface area contributed by atoms with E-state index in [2.05, 4.69) is 5.32 Å². The minimum atomic E-state index is -0.199. The highest BCUT2D eigenvalue weighted by atomic mass is 16.3. The molecule has 0 aliphatic rings. The van der Waals surface area contributed by atoms with Crippen LogP contribution in [0.5, 0.6) is 0 Å². The molecule has 1 amide bonds. The van der Waals surface area contributed by atoms with E-state index in [1.165, 1.54) is 6.08 Å². The van der Waals surface area contributed by atoms with Crippen molar-refractivity contribution in [1.82, 2.24) is 0 Å². The van der Waals surface area contributed by atoms with Crippen molar-refractivity contribution < 1.29 is 9.21 Å². The number of nitrogens with one attached hydrogen (secondary N) is 1. The molecule has 25 heavy (non-hydrogen) atoms. The Morgan fingerprint density at radius 3 is 2.36 bits per heavy atom. The molecule has 4 heteroatoms. The van der Waals surface area contributed by atoms with Crippen LogP contribution in [0.1, 0.15) is 5.76 Å². The van der Waals surface area contributed by atoms with Gasteiger partial charge in [-0.2, -0.15) is 0 Å². The summed E-state index contributed by atoms with van der Waals surface area (Å²) >= 11 is 0. The summed E-state index contributed by atoms with van der Waals surface area (Å²) in [7, 11) is 3.95. The number of hydrogen-bond donors (Lipinski definition) is 1. The van der Waals surface area contributed by atoms with E-state index in [4.69, 9.17) is 4.42 Å². The zero-order chi connectivity index (χ0) is 17.6. The van der Waals surface area contributed by atoms with Crippen molar-refractivity contribution in [2.45, 2.75) is 0 Å². The lowest BCUT2D eigenvalue weighted by molar-refractivity contribution is -0.111. The molecule has 0 spiro atoms. The van der Waals surface area contributed by atoms with E-state index in [0.717, 1.165) is 22.7 Å². The first-order valence-corrected chi connectivity index (χ1v) is 8.03. The monoisotopic (exact) mass is 332 g/mol. The second kappa shape index (κ2) is 7.53. The Hall–Kier alpha value is -3.27. The Morgan fingerprint density at radius 2 is 1.68 bits per heavy atom. The molecule has 4 nitrogen and oxygen atoms in total. The van der Waals surface area contributed by atoms with Crippen molar-refractivity contribution in [2.75, 3.05) is 24.3 Å². The summed E-state index contributed by atoms with van der Waals surface area (Å²) in [6, 6.07) is 21.3. The molecule has 3 rings (SSSR count). The predicted octanol–water partition coefficient (Wildman–Crippen LogP) is 4.66. The second-order valence-electron chi connectivity index (χ2n) is 5.83. The lowest BCUT2D eigenvalue weighted by Crippen LogP contribution is -2.10. The van der Waals surface area contributed by atoms with Crippen molar-refractivity contribution in [3.63, 3.8) is 0 Å². The van der Waals surface area contributed by atoms with E-state index < -0.39 is 0 Å². The van der Waals surface area contributed by atoms with Gasteiger partial charge < -0.3 is 14.6 Å². The summed E-state index contributed by atoms with van der Waals surface area (Å²) in [5.74, 6) is 1.21. The van der Waals surface area contributed by atoms with Crippen LogP contribution in [0.15, 0.2) is 77.2 Å². The molecule has 126 valence electrons. The summed E-state index contributed by atoms with van der Waals surface area (Å²) in [4.78, 5) is 14.0. The topological polar surface area (TPSA) is 45.5 Å². The van der Waals surface area contributed by atoms with Gasteiger partial charge in [0, 0.05) is 37.1 Å². The van der Waals surface area contributed by atoms with Crippen molar-refractivity contribution in [3.8, 4) is 11.3 Å². The van der Waals surface area contributed by atoms with E-state index in [1.54, 1.807) is 6.08 Å². The molecule has 2 aromatic carbocycles. The molecule has 0 aliphatic heterocycles. The standard InChI is InChI=1S/C21H20N2O2/c1-23(2)18-10-8-17(9-11-18)22-21(24)15-13-19-12-14-20(25-19)16-6-4-3-5-7-16/h3-15H,1-2H3,(H,22,24)/b15-13+. The molecule has 0 saturated heterocycles. The summed E-state index contributed by atoms with van der Waals surface area (Å²) in [6.07, 6.45) is 3.13. The van der Waals surface area contributed by atoms with E-state index >= 15 is 0 Å². The lowest BCUT2D eigenvalue weighted by Gasteiger charge is -2.12. The van der Waals surface area contributed by atoms with Gasteiger partial charge in [-0.25, -0.2) is 0 Å². The number of furan rings is 1. The number of carbonyl (C=O) groups excluding carboxylic acids is 1. The van der Waals surface area contributed by atoms with E-state index in [0.29, 0.717) is 5.76 Å². The van der Waals surface area contributed by atoms with Gasteiger partial charge in [-0.3, -0.25) is 4.79 Å².